The largest absolute Gasteiger partial charge is 0.391 e. The molecule has 0 bridgehead atoms. The van der Waals surface area contributed by atoms with Gasteiger partial charge in [-0.15, -0.1) is 24.8 Å². The predicted molar refractivity (Wildman–Crippen MR) is 127 cm³/mol. The van der Waals surface area contributed by atoms with Crippen LogP contribution < -0.4 is 10.6 Å². The van der Waals surface area contributed by atoms with Crippen LogP contribution in [-0.2, 0) is 0 Å². The summed E-state index contributed by atoms with van der Waals surface area (Å²) < 4.78 is 2.10. The van der Waals surface area contributed by atoms with Gasteiger partial charge >= 0.3 is 0 Å². The molecule has 3 N–H and O–H groups in total. The molecule has 0 radical (unpaired) electrons. The van der Waals surface area contributed by atoms with Crippen LogP contribution >= 0.6 is 24.8 Å². The van der Waals surface area contributed by atoms with Gasteiger partial charge in [0, 0.05) is 37.3 Å². The van der Waals surface area contributed by atoms with Crippen LogP contribution in [0.2, 0.25) is 0 Å². The number of fused-ring (bicyclic) bond motifs is 1. The average Bonchev–Trinajstić information content (AvgIpc) is 3.64. The highest BCUT2D eigenvalue weighted by Crippen LogP contribution is 2.67. The number of amides is 1. The first-order valence-electron chi connectivity index (χ1n) is 10.7. The number of aliphatic hydroxyl groups is 1. The van der Waals surface area contributed by atoms with Crippen molar-refractivity contribution in [2.45, 2.75) is 30.9 Å². The van der Waals surface area contributed by atoms with Crippen LogP contribution in [0.15, 0.2) is 48.9 Å². The molecule has 1 aromatic carbocycles. The summed E-state index contributed by atoms with van der Waals surface area (Å²) >= 11 is 0. The van der Waals surface area contributed by atoms with Crippen LogP contribution in [-0.4, -0.2) is 51.3 Å². The van der Waals surface area contributed by atoms with Crippen molar-refractivity contribution in [2.75, 3.05) is 19.6 Å². The van der Waals surface area contributed by atoms with E-state index in [1.165, 1.54) is 18.4 Å². The highest BCUT2D eigenvalue weighted by Gasteiger charge is 2.69. The number of hydrogen-bond donors (Lipinski definition) is 3. The zero-order valence-corrected chi connectivity index (χ0v) is 19.1. The molecule has 3 fully saturated rings. The molecule has 6 rings (SSSR count). The first-order chi connectivity index (χ1) is 14.7. The Morgan fingerprint density at radius 2 is 2.00 bits per heavy atom. The first-order valence-corrected chi connectivity index (χ1v) is 10.7. The summed E-state index contributed by atoms with van der Waals surface area (Å²) in [5, 5.41) is 17.1. The Hall–Kier alpha value is -2.19. The minimum absolute atomic E-state index is 0. The van der Waals surface area contributed by atoms with Crippen LogP contribution in [0, 0.1) is 11.3 Å². The molecule has 170 valence electrons. The topological polar surface area (TPSA) is 92.1 Å². The van der Waals surface area contributed by atoms with Gasteiger partial charge in [0.1, 0.15) is 5.52 Å². The highest BCUT2D eigenvalue weighted by atomic mass is 35.5. The van der Waals surface area contributed by atoms with E-state index in [2.05, 4.69) is 37.3 Å². The van der Waals surface area contributed by atoms with Crippen molar-refractivity contribution in [3.05, 3.63) is 60.0 Å². The van der Waals surface area contributed by atoms with E-state index in [1.807, 2.05) is 30.6 Å². The monoisotopic (exact) mass is 475 g/mol. The summed E-state index contributed by atoms with van der Waals surface area (Å²) in [4.78, 5) is 21.8. The predicted octanol–water partition coefficient (Wildman–Crippen LogP) is 2.70. The molecular formula is C23H27Cl2N5O2. The molecule has 2 aliphatic carbocycles. The third kappa shape index (κ3) is 3.57. The average molecular weight is 476 g/mol. The third-order valence-corrected chi connectivity index (χ3v) is 7.21. The van der Waals surface area contributed by atoms with Crippen molar-refractivity contribution in [1.82, 2.24) is 25.2 Å². The first kappa shape index (κ1) is 23.0. The van der Waals surface area contributed by atoms with Crippen molar-refractivity contribution >= 4 is 41.9 Å². The Labute approximate surface area is 198 Å². The maximum atomic E-state index is 12.8. The number of nitrogens with one attached hydrogen (secondary N) is 2. The number of aromatic nitrogens is 3. The molecular weight excluding hydrogens is 449 g/mol. The molecule has 1 spiro atoms. The van der Waals surface area contributed by atoms with Gasteiger partial charge in [-0.1, -0.05) is 30.3 Å². The van der Waals surface area contributed by atoms with Crippen molar-refractivity contribution < 1.29 is 9.90 Å². The lowest BCUT2D eigenvalue weighted by Gasteiger charge is -2.14. The molecule has 3 aliphatic rings. The molecule has 1 saturated heterocycles. The summed E-state index contributed by atoms with van der Waals surface area (Å²) in [5.74, 6) is 0.318. The van der Waals surface area contributed by atoms with E-state index in [0.717, 1.165) is 17.7 Å². The number of halogens is 2. The molecule has 9 heteroatoms. The van der Waals surface area contributed by atoms with E-state index in [1.54, 1.807) is 6.20 Å². The zero-order chi connectivity index (χ0) is 20.3. The number of benzene rings is 1. The minimum Gasteiger partial charge on any atom is -0.391 e. The van der Waals surface area contributed by atoms with Gasteiger partial charge in [0.2, 0.25) is 0 Å². The number of carbonyl (C=O) groups excluding carboxylic acids is 1. The van der Waals surface area contributed by atoms with Crippen LogP contribution in [0.4, 0.5) is 0 Å². The molecule has 4 atom stereocenters. The van der Waals surface area contributed by atoms with Crippen molar-refractivity contribution in [2.24, 2.45) is 11.3 Å². The quantitative estimate of drug-likeness (QED) is 0.527. The van der Waals surface area contributed by atoms with Gasteiger partial charge < -0.3 is 20.3 Å². The molecule has 3 heterocycles. The molecule has 1 aliphatic heterocycles. The zero-order valence-electron chi connectivity index (χ0n) is 17.5. The normalized spacial score (nSPS) is 28.2. The molecule has 0 unspecified atom stereocenters. The lowest BCUT2D eigenvalue weighted by molar-refractivity contribution is 0.0939. The summed E-state index contributed by atoms with van der Waals surface area (Å²) in [5.41, 5.74) is 3.17. The Balaban J connectivity index is 0.00000122. The van der Waals surface area contributed by atoms with Gasteiger partial charge in [0.25, 0.3) is 5.91 Å². The molecule has 3 aromatic rings. The Morgan fingerprint density at radius 1 is 1.22 bits per heavy atom. The summed E-state index contributed by atoms with van der Waals surface area (Å²) in [7, 11) is 0. The number of nitrogens with zero attached hydrogens (tertiary/aromatic N) is 3. The lowest BCUT2D eigenvalue weighted by atomic mass is 9.95. The second-order valence-electron chi connectivity index (χ2n) is 8.91. The standard InChI is InChI=1S/C23H25N5O2.2ClH/c29-19-11-24-12-23(19)17(20(23)14-4-2-1-3-5-14)10-26-22(30)15-8-18-21(25-9-15)28(13-27-18)16-6-7-16;;/h1-5,8-9,13,16-17,19-20,24,29H,6-7,10-12H2,(H,26,30);2*1H/t17-,19+,20-,23-;;/m0../s1. The fraction of sp³-hybridized carbons (Fsp3) is 0.435. The van der Waals surface area contributed by atoms with E-state index in [4.69, 9.17) is 0 Å². The fourth-order valence-electron chi connectivity index (χ4n) is 5.45. The Bertz CT molecular complexity index is 1120. The molecule has 2 saturated carbocycles. The number of rotatable bonds is 5. The van der Waals surface area contributed by atoms with E-state index >= 15 is 0 Å². The van der Waals surface area contributed by atoms with Crippen LogP contribution in [0.1, 0.15) is 40.7 Å². The second-order valence-corrected chi connectivity index (χ2v) is 8.91. The maximum absolute atomic E-state index is 12.8. The minimum atomic E-state index is -0.394. The second kappa shape index (κ2) is 8.63. The van der Waals surface area contributed by atoms with Crippen molar-refractivity contribution in [3.63, 3.8) is 0 Å². The molecule has 2 aromatic heterocycles. The number of aliphatic hydroxyl groups excluding tert-OH is 1. The summed E-state index contributed by atoms with van der Waals surface area (Å²) in [6, 6.07) is 12.6. The van der Waals surface area contributed by atoms with Crippen LogP contribution in [0.25, 0.3) is 11.2 Å². The Morgan fingerprint density at radius 3 is 2.69 bits per heavy atom. The van der Waals surface area contributed by atoms with E-state index < -0.39 is 6.10 Å². The molecule has 32 heavy (non-hydrogen) atoms. The number of carbonyl (C=O) groups is 1. The number of hydrogen-bond acceptors (Lipinski definition) is 5. The molecule has 1 amide bonds. The SMILES string of the molecule is Cl.Cl.O=C(NC[C@H]1[C@H](c2ccccc2)[C@@]12CNC[C@H]2O)c1cnc2c(c1)ncn2C1CC1. The Kier molecular flexibility index (Phi) is 6.20. The van der Waals surface area contributed by atoms with E-state index in [0.29, 0.717) is 24.7 Å². The lowest BCUT2D eigenvalue weighted by Crippen LogP contribution is -2.30. The van der Waals surface area contributed by atoms with Gasteiger partial charge in [-0.2, -0.15) is 0 Å². The van der Waals surface area contributed by atoms with Crippen molar-refractivity contribution in [3.8, 4) is 0 Å². The fourth-order valence-corrected chi connectivity index (χ4v) is 5.45. The van der Waals surface area contributed by atoms with Gasteiger partial charge in [-0.05, 0) is 36.3 Å². The summed E-state index contributed by atoms with van der Waals surface area (Å²) in [6.45, 7) is 1.92. The maximum Gasteiger partial charge on any atom is 0.252 e. The van der Waals surface area contributed by atoms with Gasteiger partial charge in [-0.25, -0.2) is 9.97 Å². The van der Waals surface area contributed by atoms with E-state index in [-0.39, 0.29) is 48.0 Å². The van der Waals surface area contributed by atoms with Crippen LogP contribution in [0.5, 0.6) is 0 Å². The van der Waals surface area contributed by atoms with Gasteiger partial charge in [0.05, 0.1) is 18.0 Å². The smallest absolute Gasteiger partial charge is 0.252 e. The number of imidazole rings is 1. The highest BCUT2D eigenvalue weighted by molar-refractivity contribution is 5.96. The number of pyridine rings is 1. The van der Waals surface area contributed by atoms with Gasteiger partial charge in [-0.3, -0.25) is 4.79 Å². The summed E-state index contributed by atoms with van der Waals surface area (Å²) in [6.07, 6.45) is 5.41. The number of β-amino-alcohol motifs (C(OH)–C–C–N with tert-alkyl or cyclic N) is 1. The van der Waals surface area contributed by atoms with Gasteiger partial charge in [0.15, 0.2) is 5.65 Å². The molecule has 7 nitrogen and oxygen atoms in total. The third-order valence-electron chi connectivity index (χ3n) is 7.21. The van der Waals surface area contributed by atoms with E-state index in [9.17, 15) is 9.90 Å². The van der Waals surface area contributed by atoms with Crippen LogP contribution in [0.3, 0.4) is 0 Å². The van der Waals surface area contributed by atoms with Crippen molar-refractivity contribution in [1.29, 1.82) is 0 Å².